The molecule has 0 unspecified atom stereocenters. The lowest BCUT2D eigenvalue weighted by molar-refractivity contribution is -0.154. The molecule has 2 aliphatic heterocycles. The van der Waals surface area contributed by atoms with Crippen LogP contribution in [0.25, 0.3) is 0 Å². The van der Waals surface area contributed by atoms with Gasteiger partial charge in [0.1, 0.15) is 11.5 Å². The SMILES string of the molecule is COc1ccc2c(c1)[C@@H](Nc1cccc3c1C(=O)c1ccccc1C3=O)[C@H]1CCCO[C@H]1O2. The second-order valence-corrected chi connectivity index (χ2v) is 8.62. The maximum absolute atomic E-state index is 13.5. The smallest absolute Gasteiger partial charge is 0.204 e. The molecule has 6 nitrogen and oxygen atoms in total. The van der Waals surface area contributed by atoms with Gasteiger partial charge in [0, 0.05) is 33.9 Å². The molecule has 0 bridgehead atoms. The molecule has 3 aromatic rings. The molecule has 166 valence electrons. The normalized spacial score (nSPS) is 22.9. The molecule has 6 heteroatoms. The van der Waals surface area contributed by atoms with Gasteiger partial charge < -0.3 is 19.5 Å². The number of carbonyl (C=O) groups excluding carboxylic acids is 2. The van der Waals surface area contributed by atoms with Crippen molar-refractivity contribution in [2.75, 3.05) is 19.0 Å². The van der Waals surface area contributed by atoms with Crippen molar-refractivity contribution < 1.29 is 23.8 Å². The van der Waals surface area contributed by atoms with Crippen LogP contribution < -0.4 is 14.8 Å². The predicted molar refractivity (Wildman–Crippen MR) is 122 cm³/mol. The highest BCUT2D eigenvalue weighted by atomic mass is 16.7. The Labute approximate surface area is 191 Å². The summed E-state index contributed by atoms with van der Waals surface area (Å²) < 4.78 is 17.6. The largest absolute Gasteiger partial charge is 0.497 e. The fourth-order valence-electron chi connectivity index (χ4n) is 5.20. The average Bonchev–Trinajstić information content (AvgIpc) is 2.86. The number of nitrogens with one attached hydrogen (secondary N) is 1. The summed E-state index contributed by atoms with van der Waals surface area (Å²) in [4.78, 5) is 26.7. The molecule has 3 aromatic carbocycles. The second-order valence-electron chi connectivity index (χ2n) is 8.62. The van der Waals surface area contributed by atoms with Crippen molar-refractivity contribution >= 4 is 17.3 Å². The molecule has 1 N–H and O–H groups in total. The maximum Gasteiger partial charge on any atom is 0.204 e. The highest BCUT2D eigenvalue weighted by Gasteiger charge is 2.42. The lowest BCUT2D eigenvalue weighted by atomic mass is 9.81. The topological polar surface area (TPSA) is 73.9 Å². The van der Waals surface area contributed by atoms with Gasteiger partial charge in [-0.15, -0.1) is 0 Å². The Morgan fingerprint density at radius 2 is 1.73 bits per heavy atom. The third-order valence-corrected chi connectivity index (χ3v) is 6.80. The lowest BCUT2D eigenvalue weighted by Gasteiger charge is -2.42. The average molecular weight is 441 g/mol. The number of hydrogen-bond acceptors (Lipinski definition) is 6. The molecule has 1 aliphatic carbocycles. The number of anilines is 1. The zero-order valence-corrected chi connectivity index (χ0v) is 18.2. The van der Waals surface area contributed by atoms with Crippen LogP contribution in [0, 0.1) is 5.92 Å². The standard InChI is InChI=1S/C27H23NO5/c1-31-15-11-12-22-20(14-15)24(19-9-5-13-32-27(19)33-22)28-21-10-4-8-18-23(21)26(30)17-7-3-2-6-16(17)25(18)29/h2-4,6-8,10-12,14,19,24,27-28H,5,9,13H2,1H3/t19-,24+,27+/m1/s1. The zero-order chi connectivity index (χ0) is 22.5. The zero-order valence-electron chi connectivity index (χ0n) is 18.2. The van der Waals surface area contributed by atoms with E-state index in [4.69, 9.17) is 14.2 Å². The molecule has 0 amide bonds. The molecule has 6 rings (SSSR count). The Hall–Kier alpha value is -3.64. The van der Waals surface area contributed by atoms with Crippen LogP contribution in [-0.4, -0.2) is 31.6 Å². The molecule has 0 saturated carbocycles. The third kappa shape index (κ3) is 3.13. The van der Waals surface area contributed by atoms with Gasteiger partial charge in [0.05, 0.1) is 25.3 Å². The van der Waals surface area contributed by atoms with Gasteiger partial charge in [-0.2, -0.15) is 0 Å². The third-order valence-electron chi connectivity index (χ3n) is 6.80. The fraction of sp³-hybridized carbons (Fsp3) is 0.259. The first kappa shape index (κ1) is 20.0. The minimum atomic E-state index is -0.366. The van der Waals surface area contributed by atoms with Gasteiger partial charge in [-0.3, -0.25) is 9.59 Å². The van der Waals surface area contributed by atoms with Crippen LogP contribution in [0.3, 0.4) is 0 Å². The summed E-state index contributed by atoms with van der Waals surface area (Å²) in [6.45, 7) is 0.657. The van der Waals surface area contributed by atoms with E-state index in [1.54, 1.807) is 37.4 Å². The van der Waals surface area contributed by atoms with Crippen LogP contribution in [0.4, 0.5) is 5.69 Å². The molecular formula is C27H23NO5. The number of fused-ring (bicyclic) bond motifs is 4. The first-order chi connectivity index (χ1) is 16.2. The number of benzene rings is 3. The van der Waals surface area contributed by atoms with E-state index in [2.05, 4.69) is 5.32 Å². The molecular weight excluding hydrogens is 418 g/mol. The van der Waals surface area contributed by atoms with E-state index < -0.39 is 0 Å². The van der Waals surface area contributed by atoms with Gasteiger partial charge in [0.15, 0.2) is 11.6 Å². The summed E-state index contributed by atoms with van der Waals surface area (Å²) in [7, 11) is 1.63. The van der Waals surface area contributed by atoms with Crippen molar-refractivity contribution in [1.29, 1.82) is 0 Å². The van der Waals surface area contributed by atoms with Crippen LogP contribution in [0.1, 0.15) is 56.3 Å². The van der Waals surface area contributed by atoms with E-state index >= 15 is 0 Å². The quantitative estimate of drug-likeness (QED) is 0.494. The minimum Gasteiger partial charge on any atom is -0.497 e. The van der Waals surface area contributed by atoms with E-state index in [-0.39, 0.29) is 29.8 Å². The summed E-state index contributed by atoms with van der Waals surface area (Å²) in [5.74, 6) is 1.24. The molecule has 0 aromatic heterocycles. The van der Waals surface area contributed by atoms with Crippen LogP contribution in [0.15, 0.2) is 60.7 Å². The van der Waals surface area contributed by atoms with E-state index in [9.17, 15) is 9.59 Å². The van der Waals surface area contributed by atoms with Gasteiger partial charge in [0.25, 0.3) is 0 Å². The Kier molecular flexibility index (Phi) is 4.69. The second kappa shape index (κ2) is 7.74. The van der Waals surface area contributed by atoms with Crippen LogP contribution in [-0.2, 0) is 4.74 Å². The van der Waals surface area contributed by atoms with E-state index in [0.717, 1.165) is 29.9 Å². The molecule has 1 fully saturated rings. The molecule has 3 atom stereocenters. The van der Waals surface area contributed by atoms with Gasteiger partial charge in [-0.1, -0.05) is 36.4 Å². The monoisotopic (exact) mass is 441 g/mol. The summed E-state index contributed by atoms with van der Waals surface area (Å²) in [6.07, 6.45) is 1.48. The number of ketones is 2. The Morgan fingerprint density at radius 3 is 2.55 bits per heavy atom. The van der Waals surface area contributed by atoms with Crippen molar-refractivity contribution in [3.63, 3.8) is 0 Å². The highest BCUT2D eigenvalue weighted by molar-refractivity contribution is 6.30. The van der Waals surface area contributed by atoms with Gasteiger partial charge in [0.2, 0.25) is 6.29 Å². The van der Waals surface area contributed by atoms with Gasteiger partial charge in [-0.05, 0) is 37.1 Å². The number of hydrogen-bond donors (Lipinski definition) is 1. The molecule has 33 heavy (non-hydrogen) atoms. The molecule has 3 aliphatic rings. The molecule has 0 spiro atoms. The summed E-state index contributed by atoms with van der Waals surface area (Å²) >= 11 is 0. The number of methoxy groups -OCH3 is 1. The Morgan fingerprint density at radius 1 is 0.939 bits per heavy atom. The number of ether oxygens (including phenoxy) is 3. The summed E-state index contributed by atoms with van der Waals surface area (Å²) in [5.41, 5.74) is 3.34. The maximum atomic E-state index is 13.5. The van der Waals surface area contributed by atoms with Crippen LogP contribution in [0.2, 0.25) is 0 Å². The molecule has 1 saturated heterocycles. The number of carbonyl (C=O) groups is 2. The first-order valence-electron chi connectivity index (χ1n) is 11.2. The molecule has 0 radical (unpaired) electrons. The van der Waals surface area contributed by atoms with Gasteiger partial charge >= 0.3 is 0 Å². The fourth-order valence-corrected chi connectivity index (χ4v) is 5.20. The summed E-state index contributed by atoms with van der Waals surface area (Å²) in [6, 6.07) is 18.0. The van der Waals surface area contributed by atoms with E-state index in [1.165, 1.54) is 0 Å². The van der Waals surface area contributed by atoms with Crippen molar-refractivity contribution in [1.82, 2.24) is 0 Å². The molecule has 2 heterocycles. The van der Waals surface area contributed by atoms with Gasteiger partial charge in [-0.25, -0.2) is 0 Å². The van der Waals surface area contributed by atoms with E-state index in [0.29, 0.717) is 34.5 Å². The van der Waals surface area contributed by atoms with Crippen molar-refractivity contribution in [2.45, 2.75) is 25.2 Å². The Bertz CT molecular complexity index is 1280. The lowest BCUT2D eigenvalue weighted by Crippen LogP contribution is -2.43. The van der Waals surface area contributed by atoms with Crippen LogP contribution in [0.5, 0.6) is 11.5 Å². The van der Waals surface area contributed by atoms with Crippen molar-refractivity contribution in [3.8, 4) is 11.5 Å². The first-order valence-corrected chi connectivity index (χ1v) is 11.2. The van der Waals surface area contributed by atoms with Crippen molar-refractivity contribution in [2.24, 2.45) is 5.92 Å². The van der Waals surface area contributed by atoms with Crippen LogP contribution >= 0.6 is 0 Å². The minimum absolute atomic E-state index is 0.0518. The van der Waals surface area contributed by atoms with Crippen molar-refractivity contribution in [3.05, 3.63) is 88.5 Å². The predicted octanol–water partition coefficient (Wildman–Crippen LogP) is 4.77. The Balaban J connectivity index is 1.46. The highest BCUT2D eigenvalue weighted by Crippen LogP contribution is 2.46. The van der Waals surface area contributed by atoms with E-state index in [1.807, 2.05) is 30.3 Å². The summed E-state index contributed by atoms with van der Waals surface area (Å²) in [5, 5.41) is 3.61. The number of rotatable bonds is 3.